The van der Waals surface area contributed by atoms with Gasteiger partial charge < -0.3 is 20.6 Å². The number of aliphatic hydroxyl groups excluding tert-OH is 1. The molecule has 1 saturated heterocycles. The fourth-order valence-electron chi connectivity index (χ4n) is 4.66. The van der Waals surface area contributed by atoms with E-state index in [1.165, 1.54) is 17.0 Å². The van der Waals surface area contributed by atoms with Crippen molar-refractivity contribution < 1.29 is 19.5 Å². The lowest BCUT2D eigenvalue weighted by atomic mass is 10.0. The average molecular weight is 546 g/mol. The zero-order chi connectivity index (χ0) is 28.1. The first kappa shape index (κ1) is 28.0. The highest BCUT2D eigenvalue weighted by atomic mass is 32.1. The van der Waals surface area contributed by atoms with E-state index < -0.39 is 30.0 Å². The lowest BCUT2D eigenvalue weighted by Gasteiger charge is -2.30. The van der Waals surface area contributed by atoms with Crippen molar-refractivity contribution in [3.63, 3.8) is 0 Å². The second-order valence-electron chi connectivity index (χ2n) is 9.93. The molecule has 3 atom stereocenters. The van der Waals surface area contributed by atoms with E-state index in [1.54, 1.807) is 37.3 Å². The van der Waals surface area contributed by atoms with Crippen LogP contribution in [0.1, 0.15) is 47.4 Å². The summed E-state index contributed by atoms with van der Waals surface area (Å²) in [5.74, 6) is -1.66. The Balaban J connectivity index is 1.43. The van der Waals surface area contributed by atoms with Crippen molar-refractivity contribution in [3.8, 4) is 16.5 Å². The van der Waals surface area contributed by atoms with Crippen LogP contribution in [-0.2, 0) is 16.1 Å². The third-order valence-electron chi connectivity index (χ3n) is 6.80. The summed E-state index contributed by atoms with van der Waals surface area (Å²) in [5, 5.41) is 25.3. The Bertz CT molecular complexity index is 1400. The number of carbonyl (C=O) groups is 3. The van der Waals surface area contributed by atoms with Gasteiger partial charge in [0.05, 0.1) is 39.4 Å². The van der Waals surface area contributed by atoms with Crippen LogP contribution in [0.3, 0.4) is 0 Å². The van der Waals surface area contributed by atoms with Crippen molar-refractivity contribution in [2.24, 2.45) is 5.92 Å². The molecular weight excluding hydrogens is 514 g/mol. The lowest BCUT2D eigenvalue weighted by Crippen LogP contribution is -2.55. The standard InChI is InChI=1S/C29H31N5O4S/c1-17(2)25(33-27(36)23-7-5-4-6-21(23)13-30)29(38)34-15-22(35)12-24(34)28(37)31-14-19-8-10-20(11-9-19)26-18(3)32-16-39-26/h4-11,16-17,22,24-25,35H,12,14-15H2,1-3H3,(H,31,37)(H,33,36)/t22-,24+,25?/m1/s1. The maximum Gasteiger partial charge on any atom is 0.253 e. The SMILES string of the molecule is Cc1ncsc1-c1ccc(CNC(=O)[C@@H]2C[C@@H](O)CN2C(=O)C(NC(=O)c2ccccc2C#N)C(C)C)cc1. The van der Waals surface area contributed by atoms with Crippen molar-refractivity contribution in [2.45, 2.75) is 51.9 Å². The second kappa shape index (κ2) is 12.2. The number of rotatable bonds is 8. The number of nitrogens with zero attached hydrogens (tertiary/aromatic N) is 3. The van der Waals surface area contributed by atoms with Crippen LogP contribution in [0, 0.1) is 24.2 Å². The molecule has 0 bridgehead atoms. The number of β-amino-alcohol motifs (C(OH)–C–C–N with tert-alkyl or cyclic N) is 1. The van der Waals surface area contributed by atoms with E-state index in [2.05, 4.69) is 15.6 Å². The summed E-state index contributed by atoms with van der Waals surface area (Å²) < 4.78 is 0. The normalized spacial score (nSPS) is 17.5. The largest absolute Gasteiger partial charge is 0.391 e. The number of hydrogen-bond acceptors (Lipinski definition) is 7. The molecule has 0 spiro atoms. The maximum atomic E-state index is 13.6. The number of likely N-dealkylation sites (tertiary alicyclic amines) is 1. The molecule has 39 heavy (non-hydrogen) atoms. The van der Waals surface area contributed by atoms with Crippen molar-refractivity contribution in [2.75, 3.05) is 6.54 Å². The molecule has 1 aliphatic rings. The molecule has 1 aromatic heterocycles. The molecule has 2 heterocycles. The second-order valence-corrected chi connectivity index (χ2v) is 10.8. The molecule has 202 valence electrons. The van der Waals surface area contributed by atoms with E-state index in [1.807, 2.05) is 42.8 Å². The first-order valence-electron chi connectivity index (χ1n) is 12.7. The molecule has 2 aromatic carbocycles. The number of carbonyl (C=O) groups excluding carboxylic acids is 3. The zero-order valence-electron chi connectivity index (χ0n) is 22.0. The molecule has 0 saturated carbocycles. The van der Waals surface area contributed by atoms with Gasteiger partial charge in [0.2, 0.25) is 11.8 Å². The van der Waals surface area contributed by atoms with Crippen molar-refractivity contribution >= 4 is 29.1 Å². The number of hydrogen-bond donors (Lipinski definition) is 3. The smallest absolute Gasteiger partial charge is 0.253 e. The average Bonchev–Trinajstić information content (AvgIpc) is 3.55. The molecular formula is C29H31N5O4S. The summed E-state index contributed by atoms with van der Waals surface area (Å²) in [6.07, 6.45) is -0.744. The Morgan fingerprint density at radius 3 is 2.54 bits per heavy atom. The molecule has 1 unspecified atom stereocenters. The van der Waals surface area contributed by atoms with Gasteiger partial charge in [0, 0.05) is 19.5 Å². The minimum Gasteiger partial charge on any atom is -0.391 e. The fraction of sp³-hybridized carbons (Fsp3) is 0.345. The monoisotopic (exact) mass is 545 g/mol. The van der Waals surface area contributed by atoms with E-state index in [-0.39, 0.29) is 42.5 Å². The van der Waals surface area contributed by atoms with Crippen molar-refractivity contribution in [3.05, 3.63) is 76.4 Å². The van der Waals surface area contributed by atoms with Crippen LogP contribution in [0.4, 0.5) is 0 Å². The molecule has 1 fully saturated rings. The van der Waals surface area contributed by atoms with E-state index >= 15 is 0 Å². The molecule has 10 heteroatoms. The molecule has 3 N–H and O–H groups in total. The predicted molar refractivity (Wildman–Crippen MR) is 148 cm³/mol. The molecule has 3 amide bonds. The first-order valence-corrected chi connectivity index (χ1v) is 13.6. The molecule has 1 aliphatic heterocycles. The third kappa shape index (κ3) is 6.33. The Morgan fingerprint density at radius 1 is 1.18 bits per heavy atom. The number of aromatic nitrogens is 1. The van der Waals surface area contributed by atoms with Crippen LogP contribution in [0.15, 0.2) is 54.0 Å². The van der Waals surface area contributed by atoms with Gasteiger partial charge in [-0.1, -0.05) is 50.2 Å². The number of aryl methyl sites for hydroxylation is 1. The van der Waals surface area contributed by atoms with E-state index in [0.29, 0.717) is 0 Å². The number of thiazole rings is 1. The summed E-state index contributed by atoms with van der Waals surface area (Å²) in [6, 6.07) is 14.4. The summed E-state index contributed by atoms with van der Waals surface area (Å²) >= 11 is 1.57. The summed E-state index contributed by atoms with van der Waals surface area (Å²) in [5.41, 5.74) is 5.10. The highest BCUT2D eigenvalue weighted by Gasteiger charge is 2.42. The Hall–Kier alpha value is -4.07. The first-order chi connectivity index (χ1) is 18.7. The van der Waals surface area contributed by atoms with Crippen molar-refractivity contribution in [1.29, 1.82) is 5.26 Å². The number of amides is 3. The van der Waals surface area contributed by atoms with Crippen LogP contribution in [0.5, 0.6) is 0 Å². The summed E-state index contributed by atoms with van der Waals surface area (Å²) in [7, 11) is 0. The number of nitriles is 1. The number of nitrogens with one attached hydrogen (secondary N) is 2. The van der Waals surface area contributed by atoms with Gasteiger partial charge in [0.1, 0.15) is 12.1 Å². The van der Waals surface area contributed by atoms with Gasteiger partial charge in [-0.2, -0.15) is 5.26 Å². The Morgan fingerprint density at radius 2 is 1.90 bits per heavy atom. The van der Waals surface area contributed by atoms with Gasteiger partial charge in [-0.3, -0.25) is 14.4 Å². The van der Waals surface area contributed by atoms with E-state index in [4.69, 9.17) is 0 Å². The van der Waals surface area contributed by atoms with E-state index in [0.717, 1.165) is 21.7 Å². The predicted octanol–water partition coefficient (Wildman–Crippen LogP) is 3.02. The summed E-state index contributed by atoms with van der Waals surface area (Å²) in [6.45, 7) is 5.80. The van der Waals surface area contributed by atoms with Gasteiger partial charge in [-0.25, -0.2) is 4.98 Å². The van der Waals surface area contributed by atoms with Crippen LogP contribution < -0.4 is 10.6 Å². The minimum atomic E-state index is -0.937. The highest BCUT2D eigenvalue weighted by Crippen LogP contribution is 2.27. The van der Waals surface area contributed by atoms with Gasteiger partial charge in [-0.15, -0.1) is 11.3 Å². The van der Waals surface area contributed by atoms with E-state index in [9.17, 15) is 24.8 Å². The van der Waals surface area contributed by atoms with Gasteiger partial charge in [0.25, 0.3) is 5.91 Å². The molecule has 4 rings (SSSR count). The molecule has 3 aromatic rings. The van der Waals surface area contributed by atoms with Crippen molar-refractivity contribution in [1.82, 2.24) is 20.5 Å². The molecule has 9 nitrogen and oxygen atoms in total. The summed E-state index contributed by atoms with van der Waals surface area (Å²) in [4.78, 5) is 46.4. The van der Waals surface area contributed by atoms with Crippen LogP contribution in [-0.4, -0.2) is 57.4 Å². The number of benzene rings is 2. The van der Waals surface area contributed by atoms with Gasteiger partial charge >= 0.3 is 0 Å². The molecule has 0 aliphatic carbocycles. The maximum absolute atomic E-state index is 13.6. The van der Waals surface area contributed by atoms with Crippen LogP contribution in [0.2, 0.25) is 0 Å². The topological polar surface area (TPSA) is 135 Å². The molecule has 0 radical (unpaired) electrons. The third-order valence-corrected chi connectivity index (χ3v) is 7.78. The zero-order valence-corrected chi connectivity index (χ0v) is 22.9. The van der Waals surface area contributed by atoms with Gasteiger partial charge in [0.15, 0.2) is 0 Å². The minimum absolute atomic E-state index is 0.00626. The van der Waals surface area contributed by atoms with Crippen LogP contribution >= 0.6 is 11.3 Å². The lowest BCUT2D eigenvalue weighted by molar-refractivity contribution is -0.140. The fourth-order valence-corrected chi connectivity index (χ4v) is 5.47. The Kier molecular flexibility index (Phi) is 8.74. The quantitative estimate of drug-likeness (QED) is 0.398. The number of aliphatic hydroxyl groups is 1. The van der Waals surface area contributed by atoms with Crippen LogP contribution in [0.25, 0.3) is 10.4 Å². The highest BCUT2D eigenvalue weighted by molar-refractivity contribution is 7.13. The van der Waals surface area contributed by atoms with Gasteiger partial charge in [-0.05, 0) is 36.1 Å². The Labute approximate surface area is 231 Å².